The van der Waals surface area contributed by atoms with Gasteiger partial charge in [-0.3, -0.25) is 11.3 Å². The predicted octanol–water partition coefficient (Wildman–Crippen LogP) is 4.41. The van der Waals surface area contributed by atoms with Crippen molar-refractivity contribution in [1.82, 2.24) is 5.43 Å². The average Bonchev–Trinajstić information content (AvgIpc) is 2.89. The van der Waals surface area contributed by atoms with Crippen LogP contribution >= 0.6 is 27.3 Å². The summed E-state index contributed by atoms with van der Waals surface area (Å²) in [5.41, 5.74) is 4.21. The van der Waals surface area contributed by atoms with Crippen molar-refractivity contribution in [1.29, 1.82) is 0 Å². The maximum absolute atomic E-state index is 5.79. The lowest BCUT2D eigenvalue weighted by Crippen LogP contribution is -2.29. The van der Waals surface area contributed by atoms with Crippen molar-refractivity contribution in [2.24, 2.45) is 5.84 Å². The van der Waals surface area contributed by atoms with Gasteiger partial charge in [-0.2, -0.15) is 0 Å². The van der Waals surface area contributed by atoms with Crippen LogP contribution in [0.25, 0.3) is 10.8 Å². The van der Waals surface area contributed by atoms with Gasteiger partial charge in [-0.05, 0) is 38.3 Å². The van der Waals surface area contributed by atoms with E-state index in [0.29, 0.717) is 0 Å². The fourth-order valence-electron chi connectivity index (χ4n) is 2.48. The highest BCUT2D eigenvalue weighted by Gasteiger charge is 2.14. The highest BCUT2D eigenvalue weighted by molar-refractivity contribution is 9.10. The Morgan fingerprint density at radius 2 is 1.95 bits per heavy atom. The number of hydrogen-bond acceptors (Lipinski definition) is 3. The molecule has 0 aliphatic carbocycles. The van der Waals surface area contributed by atoms with Crippen molar-refractivity contribution in [2.45, 2.75) is 12.5 Å². The van der Waals surface area contributed by atoms with Gasteiger partial charge in [-0.25, -0.2) is 0 Å². The first-order valence-electron chi connectivity index (χ1n) is 6.44. The lowest BCUT2D eigenvalue weighted by atomic mass is 9.97. The minimum atomic E-state index is 0.117. The Balaban J connectivity index is 1.98. The Hall–Kier alpha value is -1.20. The highest BCUT2D eigenvalue weighted by Crippen LogP contribution is 2.29. The van der Waals surface area contributed by atoms with E-state index in [0.717, 1.165) is 10.9 Å². The van der Waals surface area contributed by atoms with Gasteiger partial charge in [0, 0.05) is 21.2 Å². The molecule has 1 heterocycles. The van der Waals surface area contributed by atoms with Gasteiger partial charge in [-0.1, -0.05) is 42.5 Å². The zero-order valence-electron chi connectivity index (χ0n) is 10.8. The molecule has 0 amide bonds. The highest BCUT2D eigenvalue weighted by atomic mass is 79.9. The molecule has 2 nitrogen and oxygen atoms in total. The van der Waals surface area contributed by atoms with E-state index in [4.69, 9.17) is 5.84 Å². The molecule has 3 rings (SSSR count). The first-order valence-corrected chi connectivity index (χ1v) is 8.12. The predicted molar refractivity (Wildman–Crippen MR) is 89.7 cm³/mol. The molecule has 20 heavy (non-hydrogen) atoms. The Labute approximate surface area is 130 Å². The van der Waals surface area contributed by atoms with Crippen molar-refractivity contribution in [3.05, 3.63) is 68.8 Å². The summed E-state index contributed by atoms with van der Waals surface area (Å²) in [6, 6.07) is 17.1. The summed E-state index contributed by atoms with van der Waals surface area (Å²) in [6.07, 6.45) is 0.890. The van der Waals surface area contributed by atoms with Crippen molar-refractivity contribution < 1.29 is 0 Å². The zero-order chi connectivity index (χ0) is 13.9. The van der Waals surface area contributed by atoms with Gasteiger partial charge in [0.05, 0.1) is 6.04 Å². The van der Waals surface area contributed by atoms with Crippen LogP contribution < -0.4 is 11.3 Å². The average molecular weight is 347 g/mol. The Morgan fingerprint density at radius 3 is 2.70 bits per heavy atom. The molecule has 0 bridgehead atoms. The maximum atomic E-state index is 5.79. The molecule has 2 aromatic carbocycles. The fraction of sp³-hybridized carbons (Fsp3) is 0.125. The van der Waals surface area contributed by atoms with Crippen molar-refractivity contribution in [2.75, 3.05) is 0 Å². The third kappa shape index (κ3) is 2.79. The van der Waals surface area contributed by atoms with Gasteiger partial charge in [0.15, 0.2) is 0 Å². The van der Waals surface area contributed by atoms with Crippen molar-refractivity contribution in [3.8, 4) is 0 Å². The summed E-state index contributed by atoms with van der Waals surface area (Å²) >= 11 is 5.25. The number of fused-ring (bicyclic) bond motifs is 1. The van der Waals surface area contributed by atoms with Crippen molar-refractivity contribution >= 4 is 38.0 Å². The minimum absolute atomic E-state index is 0.117. The molecule has 102 valence electrons. The molecule has 0 spiro atoms. The molecule has 1 aromatic heterocycles. The molecule has 4 heteroatoms. The van der Waals surface area contributed by atoms with Gasteiger partial charge < -0.3 is 0 Å². The van der Waals surface area contributed by atoms with Crippen LogP contribution in [0.15, 0.2) is 58.4 Å². The van der Waals surface area contributed by atoms with Crippen LogP contribution in [0.1, 0.15) is 16.5 Å². The molecule has 0 aliphatic heterocycles. The molecule has 3 N–H and O–H groups in total. The molecule has 3 aromatic rings. The molecule has 0 radical (unpaired) electrons. The fourth-order valence-corrected chi connectivity index (χ4v) is 3.97. The van der Waals surface area contributed by atoms with E-state index < -0.39 is 0 Å². The summed E-state index contributed by atoms with van der Waals surface area (Å²) in [5.74, 6) is 5.79. The van der Waals surface area contributed by atoms with Gasteiger partial charge in [0.1, 0.15) is 0 Å². The summed E-state index contributed by atoms with van der Waals surface area (Å²) in [6.45, 7) is 0. The summed E-state index contributed by atoms with van der Waals surface area (Å²) in [7, 11) is 0. The van der Waals surface area contributed by atoms with E-state index in [9.17, 15) is 0 Å². The van der Waals surface area contributed by atoms with Crippen LogP contribution in [0.4, 0.5) is 0 Å². The van der Waals surface area contributed by atoms with Crippen LogP contribution in [0.2, 0.25) is 0 Å². The lowest BCUT2D eigenvalue weighted by Gasteiger charge is -2.17. The molecule has 1 unspecified atom stereocenters. The van der Waals surface area contributed by atoms with Crippen molar-refractivity contribution in [3.63, 3.8) is 0 Å². The standard InChI is InChI=1S/C16H15BrN2S/c17-12-8-13(20-10-12)9-16(19-18)15-7-3-5-11-4-1-2-6-14(11)15/h1-8,10,16,19H,9,18H2. The third-order valence-corrected chi connectivity index (χ3v) is 5.15. The van der Waals surface area contributed by atoms with E-state index >= 15 is 0 Å². The number of nitrogens with one attached hydrogen (secondary N) is 1. The van der Waals surface area contributed by atoms with E-state index in [1.54, 1.807) is 11.3 Å². The van der Waals surface area contributed by atoms with E-state index in [1.165, 1.54) is 21.2 Å². The Kier molecular flexibility index (Phi) is 4.17. The van der Waals surface area contributed by atoms with Crippen LogP contribution in [0.3, 0.4) is 0 Å². The number of benzene rings is 2. The lowest BCUT2D eigenvalue weighted by molar-refractivity contribution is 0.559. The zero-order valence-corrected chi connectivity index (χ0v) is 13.2. The normalized spacial score (nSPS) is 12.7. The molecule has 0 aliphatic rings. The smallest absolute Gasteiger partial charge is 0.0514 e. The topological polar surface area (TPSA) is 38.0 Å². The molecular formula is C16H15BrN2S. The van der Waals surface area contributed by atoms with E-state index in [1.807, 2.05) is 0 Å². The van der Waals surface area contributed by atoms with Crippen LogP contribution in [-0.4, -0.2) is 0 Å². The van der Waals surface area contributed by atoms with Gasteiger partial charge in [0.2, 0.25) is 0 Å². The minimum Gasteiger partial charge on any atom is -0.271 e. The second-order valence-electron chi connectivity index (χ2n) is 4.72. The van der Waals surface area contributed by atoms with E-state index in [2.05, 4.69) is 75.3 Å². The molecule has 1 atom stereocenters. The SMILES string of the molecule is NNC(Cc1cc(Br)cs1)c1cccc2ccccc12. The number of nitrogens with two attached hydrogens (primary N) is 1. The molecule has 0 saturated carbocycles. The third-order valence-electron chi connectivity index (χ3n) is 3.43. The summed E-state index contributed by atoms with van der Waals surface area (Å²) < 4.78 is 1.13. The largest absolute Gasteiger partial charge is 0.271 e. The number of thiophene rings is 1. The maximum Gasteiger partial charge on any atom is 0.0514 e. The quantitative estimate of drug-likeness (QED) is 0.542. The van der Waals surface area contributed by atoms with Gasteiger partial charge >= 0.3 is 0 Å². The van der Waals surface area contributed by atoms with E-state index in [-0.39, 0.29) is 6.04 Å². The number of halogens is 1. The second-order valence-corrected chi connectivity index (χ2v) is 6.63. The summed E-state index contributed by atoms with van der Waals surface area (Å²) in [5, 5.41) is 4.61. The van der Waals surface area contributed by atoms with Gasteiger partial charge in [-0.15, -0.1) is 11.3 Å². The second kappa shape index (κ2) is 6.06. The van der Waals surface area contributed by atoms with Gasteiger partial charge in [0.25, 0.3) is 0 Å². The van der Waals surface area contributed by atoms with Crippen LogP contribution in [0.5, 0.6) is 0 Å². The monoisotopic (exact) mass is 346 g/mol. The van der Waals surface area contributed by atoms with Crippen LogP contribution in [-0.2, 0) is 6.42 Å². The Morgan fingerprint density at radius 1 is 1.15 bits per heavy atom. The Bertz CT molecular complexity index is 718. The molecular weight excluding hydrogens is 332 g/mol. The molecule has 0 fully saturated rings. The number of rotatable bonds is 4. The first kappa shape index (κ1) is 13.8. The summed E-state index contributed by atoms with van der Waals surface area (Å²) in [4.78, 5) is 1.31. The van der Waals surface area contributed by atoms with Crippen LogP contribution in [0, 0.1) is 0 Å². The molecule has 0 saturated heterocycles. The number of hydrazine groups is 1. The number of hydrogen-bond donors (Lipinski definition) is 2. The first-order chi connectivity index (χ1) is 9.78.